The number of hydrogen-bond donors (Lipinski definition) is 1. The van der Waals surface area contributed by atoms with Crippen molar-refractivity contribution in [2.24, 2.45) is 0 Å². The first-order valence-electron chi connectivity index (χ1n) is 13.3. The molecule has 0 bridgehead atoms. The van der Waals surface area contributed by atoms with Crippen LogP contribution in [0.1, 0.15) is 88.4 Å². The summed E-state index contributed by atoms with van der Waals surface area (Å²) in [7, 11) is 0. The Morgan fingerprint density at radius 3 is 2.25 bits per heavy atom. The quantitative estimate of drug-likeness (QED) is 0.291. The van der Waals surface area contributed by atoms with Gasteiger partial charge in [-0.05, 0) is 61.6 Å². The number of hydrogen-bond acceptors (Lipinski definition) is 5. The Labute approximate surface area is 229 Å². The summed E-state index contributed by atoms with van der Waals surface area (Å²) in [6, 6.07) is 9.69. The minimum Gasteiger partial charge on any atom is -0.456 e. The molecule has 0 radical (unpaired) electrons. The summed E-state index contributed by atoms with van der Waals surface area (Å²) >= 11 is 13.2. The van der Waals surface area contributed by atoms with Crippen LogP contribution in [0.25, 0.3) is 17.4 Å². The van der Waals surface area contributed by atoms with Crippen LogP contribution in [0.3, 0.4) is 0 Å². The minimum atomic E-state index is -0.000328. The molecule has 1 aromatic heterocycles. The van der Waals surface area contributed by atoms with E-state index in [0.29, 0.717) is 32.9 Å². The number of nitrogens with zero attached hydrogens (tertiary/aromatic N) is 1. The molecule has 1 saturated heterocycles. The van der Waals surface area contributed by atoms with Gasteiger partial charge in [0.1, 0.15) is 15.8 Å². The van der Waals surface area contributed by atoms with Gasteiger partial charge in [0.15, 0.2) is 0 Å². The third-order valence-electron chi connectivity index (χ3n) is 7.10. The number of aliphatic hydroxyl groups excluding tert-OH is 1. The lowest BCUT2D eigenvalue weighted by Gasteiger charge is -2.27. The molecular weight excluding hydrogens is 510 g/mol. The van der Waals surface area contributed by atoms with Crippen molar-refractivity contribution in [2.75, 3.05) is 6.61 Å². The Bertz CT molecular complexity index is 1050. The van der Waals surface area contributed by atoms with Crippen LogP contribution in [-0.4, -0.2) is 32.9 Å². The maximum absolute atomic E-state index is 13.6. The molecule has 2 heterocycles. The Morgan fingerprint density at radius 1 is 1.03 bits per heavy atom. The maximum Gasteiger partial charge on any atom is 0.266 e. The standard InChI is InChI=1S/C29H36ClNO3S2/c30-23-16-14-21(15-17-23)25-19-22(11-10-18-32)26(34-25)20-27-28(33)31(29(35)36-27)24-12-8-6-4-2-1-3-5-7-9-13-24/h14-17,19-20,24,32H,1-13,18H2/b27-20-. The molecular formula is C29H36ClNO3S2. The first-order chi connectivity index (χ1) is 17.6. The van der Waals surface area contributed by atoms with Crippen LogP contribution in [0.2, 0.25) is 5.02 Å². The van der Waals surface area contributed by atoms with Gasteiger partial charge in [0.05, 0.1) is 4.91 Å². The second-order valence-electron chi connectivity index (χ2n) is 9.80. The lowest BCUT2D eigenvalue weighted by molar-refractivity contribution is -0.123. The average molecular weight is 546 g/mol. The summed E-state index contributed by atoms with van der Waals surface area (Å²) in [6.07, 6.45) is 16.5. The monoisotopic (exact) mass is 545 g/mol. The van der Waals surface area contributed by atoms with E-state index in [4.69, 9.17) is 28.2 Å². The number of aryl methyl sites for hydroxylation is 1. The van der Waals surface area contributed by atoms with Gasteiger partial charge in [0.2, 0.25) is 0 Å². The summed E-state index contributed by atoms with van der Waals surface area (Å²) in [6.45, 7) is 0.102. The molecule has 2 aliphatic rings. The van der Waals surface area contributed by atoms with Gasteiger partial charge in [-0.15, -0.1) is 0 Å². The number of rotatable bonds is 6. The van der Waals surface area contributed by atoms with Crippen molar-refractivity contribution in [3.05, 3.63) is 51.6 Å². The summed E-state index contributed by atoms with van der Waals surface area (Å²) in [4.78, 5) is 16.1. The molecule has 1 N–H and O–H groups in total. The van der Waals surface area contributed by atoms with Crippen LogP contribution >= 0.6 is 35.6 Å². The fourth-order valence-corrected chi connectivity index (χ4v) is 6.60. The van der Waals surface area contributed by atoms with Crippen LogP contribution in [0.4, 0.5) is 0 Å². The highest BCUT2D eigenvalue weighted by atomic mass is 35.5. The van der Waals surface area contributed by atoms with Gasteiger partial charge in [-0.1, -0.05) is 93.4 Å². The first kappa shape index (κ1) is 27.4. The zero-order valence-corrected chi connectivity index (χ0v) is 23.2. The van der Waals surface area contributed by atoms with Gasteiger partial charge in [0, 0.05) is 29.3 Å². The van der Waals surface area contributed by atoms with Gasteiger partial charge < -0.3 is 9.52 Å². The Hall–Kier alpha value is -1.60. The number of carbonyl (C=O) groups is 1. The molecule has 7 heteroatoms. The van der Waals surface area contributed by atoms with E-state index in [1.807, 2.05) is 41.3 Å². The maximum atomic E-state index is 13.6. The van der Waals surface area contributed by atoms with Crippen LogP contribution in [0, 0.1) is 0 Å². The Morgan fingerprint density at radius 2 is 1.64 bits per heavy atom. The lowest BCUT2D eigenvalue weighted by atomic mass is 9.97. The zero-order valence-electron chi connectivity index (χ0n) is 20.8. The molecule has 1 aliphatic heterocycles. The molecule has 36 heavy (non-hydrogen) atoms. The SMILES string of the molecule is O=C1/C(=C/c2oc(-c3ccc(Cl)cc3)cc2CCCO)SC(=S)N1C1CCCCCCCCCCC1. The van der Waals surface area contributed by atoms with E-state index in [2.05, 4.69) is 0 Å². The summed E-state index contributed by atoms with van der Waals surface area (Å²) in [5.41, 5.74) is 1.90. The number of amides is 1. The third-order valence-corrected chi connectivity index (χ3v) is 8.68. The number of aliphatic hydroxyl groups is 1. The topological polar surface area (TPSA) is 53.7 Å². The Balaban J connectivity index is 1.55. The van der Waals surface area contributed by atoms with Crippen molar-refractivity contribution in [1.29, 1.82) is 0 Å². The van der Waals surface area contributed by atoms with Crippen LogP contribution in [0.15, 0.2) is 39.7 Å². The highest BCUT2D eigenvalue weighted by Gasteiger charge is 2.37. The Kier molecular flexibility index (Phi) is 10.5. The van der Waals surface area contributed by atoms with E-state index in [1.165, 1.54) is 56.7 Å². The van der Waals surface area contributed by atoms with Gasteiger partial charge in [-0.25, -0.2) is 0 Å². The van der Waals surface area contributed by atoms with Crippen molar-refractivity contribution in [2.45, 2.75) is 89.5 Å². The fourth-order valence-electron chi connectivity index (χ4n) is 5.10. The number of benzene rings is 1. The van der Waals surface area contributed by atoms with Crippen molar-refractivity contribution < 1.29 is 14.3 Å². The summed E-state index contributed by atoms with van der Waals surface area (Å²) in [5, 5.41) is 10.1. The van der Waals surface area contributed by atoms with Crippen LogP contribution < -0.4 is 0 Å². The molecule has 2 fully saturated rings. The number of carbonyl (C=O) groups excluding carboxylic acids is 1. The second kappa shape index (κ2) is 13.8. The number of thioether (sulfide) groups is 1. The molecule has 2 aromatic rings. The largest absolute Gasteiger partial charge is 0.456 e. The molecule has 1 aliphatic carbocycles. The predicted octanol–water partition coefficient (Wildman–Crippen LogP) is 8.40. The molecule has 4 rings (SSSR count). The summed E-state index contributed by atoms with van der Waals surface area (Å²) < 4.78 is 6.89. The van der Waals surface area contributed by atoms with E-state index in [1.54, 1.807) is 0 Å². The smallest absolute Gasteiger partial charge is 0.266 e. The molecule has 0 spiro atoms. The van der Waals surface area contributed by atoms with Gasteiger partial charge in [-0.3, -0.25) is 9.69 Å². The lowest BCUT2D eigenvalue weighted by Crippen LogP contribution is -2.38. The number of thiocarbonyl (C=S) groups is 1. The second-order valence-corrected chi connectivity index (χ2v) is 11.9. The highest BCUT2D eigenvalue weighted by molar-refractivity contribution is 8.26. The molecule has 194 valence electrons. The van der Waals surface area contributed by atoms with E-state index in [-0.39, 0.29) is 18.6 Å². The van der Waals surface area contributed by atoms with Crippen molar-refractivity contribution in [3.8, 4) is 11.3 Å². The van der Waals surface area contributed by atoms with E-state index < -0.39 is 0 Å². The molecule has 0 unspecified atom stereocenters. The summed E-state index contributed by atoms with van der Waals surface area (Å²) in [5.74, 6) is 1.38. The predicted molar refractivity (Wildman–Crippen MR) is 154 cm³/mol. The van der Waals surface area contributed by atoms with E-state index in [9.17, 15) is 9.90 Å². The minimum absolute atomic E-state index is 0.000328. The van der Waals surface area contributed by atoms with Gasteiger partial charge >= 0.3 is 0 Å². The zero-order chi connectivity index (χ0) is 25.3. The van der Waals surface area contributed by atoms with Gasteiger partial charge in [-0.2, -0.15) is 0 Å². The van der Waals surface area contributed by atoms with Crippen LogP contribution in [-0.2, 0) is 11.2 Å². The third kappa shape index (κ3) is 7.25. The van der Waals surface area contributed by atoms with Gasteiger partial charge in [0.25, 0.3) is 5.91 Å². The van der Waals surface area contributed by atoms with Crippen molar-refractivity contribution in [3.63, 3.8) is 0 Å². The van der Waals surface area contributed by atoms with E-state index >= 15 is 0 Å². The molecule has 1 saturated carbocycles. The number of halogens is 1. The van der Waals surface area contributed by atoms with E-state index in [0.717, 1.165) is 42.6 Å². The molecule has 0 atom stereocenters. The normalized spacial score (nSPS) is 20.1. The van der Waals surface area contributed by atoms with Crippen molar-refractivity contribution >= 4 is 51.9 Å². The van der Waals surface area contributed by atoms with Crippen LogP contribution in [0.5, 0.6) is 0 Å². The number of furan rings is 1. The average Bonchev–Trinajstić information content (AvgIpc) is 3.38. The molecule has 4 nitrogen and oxygen atoms in total. The molecule has 1 aromatic carbocycles. The first-order valence-corrected chi connectivity index (χ1v) is 14.9. The van der Waals surface area contributed by atoms with Crippen molar-refractivity contribution in [1.82, 2.24) is 4.90 Å². The molecule has 1 amide bonds. The fraction of sp³-hybridized carbons (Fsp3) is 0.517. The highest BCUT2D eigenvalue weighted by Crippen LogP contribution is 2.38.